The van der Waals surface area contributed by atoms with Gasteiger partial charge < -0.3 is 9.72 Å². The van der Waals surface area contributed by atoms with Crippen LogP contribution in [0.4, 0.5) is 4.39 Å². The molecular formula is C21H22FN5O3S. The molecule has 2 N–H and O–H groups in total. The van der Waals surface area contributed by atoms with Crippen molar-refractivity contribution in [2.45, 2.75) is 38.3 Å². The third-order valence-corrected chi connectivity index (χ3v) is 6.45. The SMILES string of the molecule is CCn1c(Oc2ccc3cc[nH]c3c2)nnc1[C@@H](C)NS(=O)(=O)c1cc(C)ccc1F. The number of rotatable bonds is 7. The first-order chi connectivity index (χ1) is 14.8. The van der Waals surface area contributed by atoms with Gasteiger partial charge in [0.2, 0.25) is 10.0 Å². The van der Waals surface area contributed by atoms with Gasteiger partial charge >= 0.3 is 6.01 Å². The van der Waals surface area contributed by atoms with Gasteiger partial charge in [-0.15, -0.1) is 5.10 Å². The summed E-state index contributed by atoms with van der Waals surface area (Å²) in [6.07, 6.45) is 1.84. The Hall–Kier alpha value is -3.24. The van der Waals surface area contributed by atoms with E-state index in [2.05, 4.69) is 19.9 Å². The first kappa shape index (κ1) is 21.0. The molecule has 0 aliphatic heterocycles. The van der Waals surface area contributed by atoms with Crippen LogP contribution in [0.3, 0.4) is 0 Å². The lowest BCUT2D eigenvalue weighted by Crippen LogP contribution is -2.29. The molecule has 0 radical (unpaired) electrons. The zero-order chi connectivity index (χ0) is 22.2. The Balaban J connectivity index is 1.59. The van der Waals surface area contributed by atoms with Gasteiger partial charge in [-0.25, -0.2) is 17.5 Å². The summed E-state index contributed by atoms with van der Waals surface area (Å²) in [5.41, 5.74) is 1.56. The summed E-state index contributed by atoms with van der Waals surface area (Å²) in [6.45, 7) is 5.64. The van der Waals surface area contributed by atoms with Gasteiger partial charge in [-0.1, -0.05) is 11.2 Å². The third kappa shape index (κ3) is 4.17. The fraction of sp³-hybridized carbons (Fsp3) is 0.238. The topological polar surface area (TPSA) is 102 Å². The van der Waals surface area contributed by atoms with Crippen LogP contribution in [0.25, 0.3) is 10.9 Å². The van der Waals surface area contributed by atoms with Gasteiger partial charge in [-0.3, -0.25) is 4.57 Å². The Morgan fingerprint density at radius 3 is 2.77 bits per heavy atom. The molecule has 10 heteroatoms. The Labute approximate surface area is 179 Å². The molecule has 4 rings (SSSR count). The quantitative estimate of drug-likeness (QED) is 0.449. The fourth-order valence-corrected chi connectivity index (χ4v) is 4.72. The summed E-state index contributed by atoms with van der Waals surface area (Å²) < 4.78 is 49.6. The number of hydrogen-bond acceptors (Lipinski definition) is 5. The Morgan fingerprint density at radius 1 is 1.19 bits per heavy atom. The van der Waals surface area contributed by atoms with Gasteiger partial charge in [0.1, 0.15) is 16.5 Å². The summed E-state index contributed by atoms with van der Waals surface area (Å²) in [7, 11) is -4.10. The molecule has 0 aliphatic carbocycles. The van der Waals surface area contributed by atoms with E-state index in [-0.39, 0.29) is 6.01 Å². The third-order valence-electron chi connectivity index (χ3n) is 4.89. The molecule has 2 aromatic heterocycles. The van der Waals surface area contributed by atoms with Crippen LogP contribution in [0.1, 0.15) is 31.3 Å². The van der Waals surface area contributed by atoms with Crippen molar-refractivity contribution < 1.29 is 17.5 Å². The standard InChI is InChI=1S/C21H22FN5O3S/c1-4-27-20(14(3)26-31(28,29)19-11-13(2)5-8-17(19)22)24-25-21(27)30-16-7-6-15-9-10-23-18(15)12-16/h5-12,14,23,26H,4H2,1-3H3/t14-/m1/s1. The zero-order valence-electron chi connectivity index (χ0n) is 17.3. The predicted octanol–water partition coefficient (Wildman–Crippen LogP) is 4.06. The molecule has 2 heterocycles. The maximum absolute atomic E-state index is 14.1. The number of nitrogens with zero attached hydrogens (tertiary/aromatic N) is 3. The van der Waals surface area contributed by atoms with Crippen molar-refractivity contribution in [2.75, 3.05) is 0 Å². The molecule has 2 aromatic carbocycles. The zero-order valence-corrected chi connectivity index (χ0v) is 18.1. The van der Waals surface area contributed by atoms with Gasteiger partial charge in [0, 0.05) is 24.3 Å². The first-order valence-electron chi connectivity index (χ1n) is 9.75. The highest BCUT2D eigenvalue weighted by molar-refractivity contribution is 7.89. The second kappa shape index (κ2) is 8.12. The lowest BCUT2D eigenvalue weighted by Gasteiger charge is -2.16. The fourth-order valence-electron chi connectivity index (χ4n) is 3.35. The van der Waals surface area contributed by atoms with E-state index in [1.807, 2.05) is 37.4 Å². The number of H-pyrrole nitrogens is 1. The number of nitrogens with one attached hydrogen (secondary N) is 2. The number of hydrogen-bond donors (Lipinski definition) is 2. The molecule has 162 valence electrons. The van der Waals surface area contributed by atoms with E-state index in [0.29, 0.717) is 23.7 Å². The highest BCUT2D eigenvalue weighted by atomic mass is 32.2. The van der Waals surface area contributed by atoms with Crippen LogP contribution in [-0.2, 0) is 16.6 Å². The lowest BCUT2D eigenvalue weighted by molar-refractivity contribution is 0.408. The van der Waals surface area contributed by atoms with E-state index < -0.39 is 26.8 Å². The minimum Gasteiger partial charge on any atom is -0.424 e. The van der Waals surface area contributed by atoms with Gasteiger partial charge in [-0.2, -0.15) is 0 Å². The summed E-state index contributed by atoms with van der Waals surface area (Å²) in [5.74, 6) is 0.111. The van der Waals surface area contributed by atoms with Crippen molar-refractivity contribution in [1.29, 1.82) is 0 Å². The summed E-state index contributed by atoms with van der Waals surface area (Å²) in [5, 5.41) is 9.24. The first-order valence-corrected chi connectivity index (χ1v) is 11.2. The van der Waals surface area contributed by atoms with Crippen LogP contribution < -0.4 is 9.46 Å². The average molecular weight is 444 g/mol. The van der Waals surface area contributed by atoms with E-state index in [1.54, 1.807) is 18.4 Å². The van der Waals surface area contributed by atoms with Crippen molar-refractivity contribution in [3.05, 3.63) is 65.9 Å². The Kier molecular flexibility index (Phi) is 5.50. The van der Waals surface area contributed by atoms with Crippen LogP contribution in [0.5, 0.6) is 11.8 Å². The summed E-state index contributed by atoms with van der Waals surface area (Å²) >= 11 is 0. The van der Waals surface area contributed by atoms with Gasteiger partial charge in [0.25, 0.3) is 0 Å². The molecule has 31 heavy (non-hydrogen) atoms. The Morgan fingerprint density at radius 2 is 2.00 bits per heavy atom. The molecule has 0 spiro atoms. The maximum Gasteiger partial charge on any atom is 0.322 e. The van der Waals surface area contributed by atoms with Gasteiger partial charge in [-0.05, 0) is 62.1 Å². The van der Waals surface area contributed by atoms with Crippen molar-refractivity contribution in [3.63, 3.8) is 0 Å². The molecular weight excluding hydrogens is 421 g/mol. The number of fused-ring (bicyclic) bond motifs is 1. The van der Waals surface area contributed by atoms with E-state index >= 15 is 0 Å². The van der Waals surface area contributed by atoms with Crippen LogP contribution in [0, 0.1) is 12.7 Å². The molecule has 0 saturated carbocycles. The molecule has 0 bridgehead atoms. The highest BCUT2D eigenvalue weighted by Crippen LogP contribution is 2.27. The largest absolute Gasteiger partial charge is 0.424 e. The summed E-state index contributed by atoms with van der Waals surface area (Å²) in [6, 6.07) is 10.9. The number of aromatic nitrogens is 4. The van der Waals surface area contributed by atoms with E-state index in [9.17, 15) is 12.8 Å². The summed E-state index contributed by atoms with van der Waals surface area (Å²) in [4.78, 5) is 2.71. The normalized spacial score (nSPS) is 12.9. The van der Waals surface area contributed by atoms with Gasteiger partial charge in [0.05, 0.1) is 6.04 Å². The maximum atomic E-state index is 14.1. The minimum atomic E-state index is -4.10. The van der Waals surface area contributed by atoms with Crippen molar-refractivity contribution in [2.24, 2.45) is 0 Å². The number of sulfonamides is 1. The number of ether oxygens (including phenoxy) is 1. The van der Waals surface area contributed by atoms with E-state index in [1.165, 1.54) is 12.1 Å². The van der Waals surface area contributed by atoms with Crippen LogP contribution in [0.15, 0.2) is 53.6 Å². The second-order valence-corrected chi connectivity index (χ2v) is 8.87. The van der Waals surface area contributed by atoms with Gasteiger partial charge in [0.15, 0.2) is 5.82 Å². The molecule has 0 aliphatic rings. The molecule has 8 nitrogen and oxygen atoms in total. The number of aryl methyl sites for hydroxylation is 1. The van der Waals surface area contributed by atoms with E-state index in [4.69, 9.17) is 4.74 Å². The highest BCUT2D eigenvalue weighted by Gasteiger charge is 2.26. The molecule has 0 saturated heterocycles. The van der Waals surface area contributed by atoms with Crippen molar-refractivity contribution in [1.82, 2.24) is 24.5 Å². The lowest BCUT2D eigenvalue weighted by atomic mass is 10.2. The monoisotopic (exact) mass is 443 g/mol. The minimum absolute atomic E-state index is 0.233. The smallest absolute Gasteiger partial charge is 0.322 e. The number of halogens is 1. The number of aromatic amines is 1. The number of benzene rings is 2. The molecule has 0 amide bonds. The average Bonchev–Trinajstić information content (AvgIpc) is 3.35. The second-order valence-electron chi connectivity index (χ2n) is 7.19. The molecule has 0 unspecified atom stereocenters. The molecule has 1 atom stereocenters. The van der Waals surface area contributed by atoms with Crippen LogP contribution in [-0.4, -0.2) is 28.2 Å². The Bertz CT molecular complexity index is 1350. The van der Waals surface area contributed by atoms with Crippen molar-refractivity contribution >= 4 is 20.9 Å². The van der Waals surface area contributed by atoms with Crippen molar-refractivity contribution in [3.8, 4) is 11.8 Å². The van der Waals surface area contributed by atoms with Crippen LogP contribution in [0.2, 0.25) is 0 Å². The predicted molar refractivity (Wildman–Crippen MR) is 114 cm³/mol. The van der Waals surface area contributed by atoms with Crippen LogP contribution >= 0.6 is 0 Å². The molecule has 4 aromatic rings. The van der Waals surface area contributed by atoms with E-state index in [0.717, 1.165) is 17.0 Å². The molecule has 0 fully saturated rings.